The fourth-order valence-electron chi connectivity index (χ4n) is 1.08. The molecule has 0 saturated heterocycles. The molecule has 0 radical (unpaired) electrons. The molecule has 16 heavy (non-hydrogen) atoms. The maximum Gasteiger partial charge on any atom is 0.238 e. The number of nitrogens with one attached hydrogen (secondary N) is 2. The van der Waals surface area contributed by atoms with E-state index in [-0.39, 0.29) is 12.5 Å². The molecule has 0 spiro atoms. The van der Waals surface area contributed by atoms with E-state index in [1.165, 1.54) is 12.1 Å². The second-order valence-corrected chi connectivity index (χ2v) is 3.95. The summed E-state index contributed by atoms with van der Waals surface area (Å²) in [6.07, 6.45) is 1.66. The van der Waals surface area contributed by atoms with Crippen molar-refractivity contribution in [2.75, 3.05) is 18.4 Å². The van der Waals surface area contributed by atoms with Crippen LogP contribution in [0.25, 0.3) is 0 Å². The first-order chi connectivity index (χ1) is 7.63. The molecule has 1 amide bonds. The van der Waals surface area contributed by atoms with E-state index in [0.29, 0.717) is 16.7 Å². The van der Waals surface area contributed by atoms with Crippen LogP contribution in [0.5, 0.6) is 0 Å². The summed E-state index contributed by atoms with van der Waals surface area (Å²) >= 11 is 3.22. The Balaban J connectivity index is 2.55. The van der Waals surface area contributed by atoms with E-state index >= 15 is 0 Å². The maximum atomic E-state index is 12.9. The van der Waals surface area contributed by atoms with Crippen LogP contribution in [0.4, 0.5) is 10.1 Å². The largest absolute Gasteiger partial charge is 0.324 e. The highest BCUT2D eigenvalue weighted by Crippen LogP contribution is 2.22. The van der Waals surface area contributed by atoms with E-state index in [0.717, 1.165) is 0 Å². The normalized spacial score (nSPS) is 9.88. The highest BCUT2D eigenvalue weighted by atomic mass is 79.9. The van der Waals surface area contributed by atoms with Crippen molar-refractivity contribution in [2.24, 2.45) is 0 Å². The van der Waals surface area contributed by atoms with Gasteiger partial charge in [0, 0.05) is 11.0 Å². The van der Waals surface area contributed by atoms with Crippen molar-refractivity contribution in [3.8, 4) is 0 Å². The Kier molecular flexibility index (Phi) is 5.14. The monoisotopic (exact) mass is 286 g/mol. The smallest absolute Gasteiger partial charge is 0.238 e. The van der Waals surface area contributed by atoms with Gasteiger partial charge in [0.2, 0.25) is 5.91 Å². The summed E-state index contributed by atoms with van der Waals surface area (Å²) in [5, 5.41) is 5.44. The standard InChI is InChI=1S/C11H12BrFN2O/c1-2-5-14-7-11(16)15-10-6-8(13)3-4-9(10)12/h2-4,6,14H,1,5,7H2,(H,15,16). The fraction of sp³-hybridized carbons (Fsp3) is 0.182. The molecule has 0 saturated carbocycles. The minimum absolute atomic E-state index is 0.162. The van der Waals surface area contributed by atoms with Crippen molar-refractivity contribution in [3.05, 3.63) is 41.1 Å². The number of halogens is 2. The lowest BCUT2D eigenvalue weighted by molar-refractivity contribution is -0.115. The lowest BCUT2D eigenvalue weighted by Crippen LogP contribution is -2.28. The van der Waals surface area contributed by atoms with Crippen LogP contribution in [0.2, 0.25) is 0 Å². The molecule has 0 atom stereocenters. The predicted molar refractivity (Wildman–Crippen MR) is 65.8 cm³/mol. The van der Waals surface area contributed by atoms with Gasteiger partial charge >= 0.3 is 0 Å². The first-order valence-corrected chi connectivity index (χ1v) is 5.49. The summed E-state index contributed by atoms with van der Waals surface area (Å²) < 4.78 is 13.5. The van der Waals surface area contributed by atoms with Gasteiger partial charge in [-0.3, -0.25) is 4.79 Å². The van der Waals surface area contributed by atoms with E-state index in [2.05, 4.69) is 33.1 Å². The SMILES string of the molecule is C=CCNCC(=O)Nc1cc(F)ccc1Br. The zero-order chi connectivity index (χ0) is 12.0. The van der Waals surface area contributed by atoms with Crippen LogP contribution >= 0.6 is 15.9 Å². The van der Waals surface area contributed by atoms with Crippen LogP contribution in [-0.4, -0.2) is 19.0 Å². The Morgan fingerprint density at radius 3 is 3.00 bits per heavy atom. The van der Waals surface area contributed by atoms with Crippen LogP contribution in [0.15, 0.2) is 35.3 Å². The number of hydrogen-bond donors (Lipinski definition) is 2. The van der Waals surface area contributed by atoms with Crippen molar-refractivity contribution >= 4 is 27.5 Å². The molecule has 1 aromatic rings. The number of rotatable bonds is 5. The molecule has 0 aromatic heterocycles. The number of benzene rings is 1. The van der Waals surface area contributed by atoms with Crippen molar-refractivity contribution in [3.63, 3.8) is 0 Å². The van der Waals surface area contributed by atoms with Gasteiger partial charge in [0.1, 0.15) is 5.82 Å². The summed E-state index contributed by atoms with van der Waals surface area (Å²) in [7, 11) is 0. The topological polar surface area (TPSA) is 41.1 Å². The lowest BCUT2D eigenvalue weighted by atomic mass is 10.3. The number of anilines is 1. The van der Waals surface area contributed by atoms with Crippen LogP contribution in [0.3, 0.4) is 0 Å². The molecular weight excluding hydrogens is 275 g/mol. The molecule has 3 nitrogen and oxygen atoms in total. The average Bonchev–Trinajstić information content (AvgIpc) is 2.24. The molecule has 1 rings (SSSR count). The Morgan fingerprint density at radius 2 is 2.31 bits per heavy atom. The third-order valence-electron chi connectivity index (χ3n) is 1.78. The van der Waals surface area contributed by atoms with E-state index in [9.17, 15) is 9.18 Å². The van der Waals surface area contributed by atoms with E-state index < -0.39 is 5.82 Å². The molecule has 2 N–H and O–H groups in total. The number of amides is 1. The van der Waals surface area contributed by atoms with Crippen LogP contribution in [-0.2, 0) is 4.79 Å². The van der Waals surface area contributed by atoms with Crippen LogP contribution < -0.4 is 10.6 Å². The molecule has 86 valence electrons. The van der Waals surface area contributed by atoms with Gasteiger partial charge in [0.25, 0.3) is 0 Å². The molecule has 0 fully saturated rings. The lowest BCUT2D eigenvalue weighted by Gasteiger charge is -2.07. The van der Waals surface area contributed by atoms with Gasteiger partial charge in [0.05, 0.1) is 12.2 Å². The van der Waals surface area contributed by atoms with Crippen molar-refractivity contribution in [2.45, 2.75) is 0 Å². The quantitative estimate of drug-likeness (QED) is 0.644. The minimum atomic E-state index is -0.391. The minimum Gasteiger partial charge on any atom is -0.324 e. The van der Waals surface area contributed by atoms with Crippen LogP contribution in [0.1, 0.15) is 0 Å². The molecule has 0 bridgehead atoms. The molecule has 1 aromatic carbocycles. The summed E-state index contributed by atoms with van der Waals surface area (Å²) in [6.45, 7) is 4.23. The Hall–Kier alpha value is -1.20. The van der Waals surface area contributed by atoms with Crippen molar-refractivity contribution < 1.29 is 9.18 Å². The second kappa shape index (κ2) is 6.40. The average molecular weight is 287 g/mol. The van der Waals surface area contributed by atoms with E-state index in [1.807, 2.05) is 0 Å². The number of carbonyl (C=O) groups excluding carboxylic acids is 1. The number of hydrogen-bond acceptors (Lipinski definition) is 2. The zero-order valence-electron chi connectivity index (χ0n) is 8.59. The van der Waals surface area contributed by atoms with Crippen LogP contribution in [0, 0.1) is 5.82 Å². The first-order valence-electron chi connectivity index (χ1n) is 4.70. The summed E-state index contributed by atoms with van der Waals surface area (Å²) in [5.41, 5.74) is 0.422. The van der Waals surface area contributed by atoms with Gasteiger partial charge < -0.3 is 10.6 Å². The highest BCUT2D eigenvalue weighted by molar-refractivity contribution is 9.10. The second-order valence-electron chi connectivity index (χ2n) is 3.09. The van der Waals surface area contributed by atoms with Gasteiger partial charge in [-0.25, -0.2) is 4.39 Å². The zero-order valence-corrected chi connectivity index (χ0v) is 10.2. The Morgan fingerprint density at radius 1 is 1.56 bits per heavy atom. The fourth-order valence-corrected chi connectivity index (χ4v) is 1.42. The molecule has 0 aliphatic heterocycles. The molecular formula is C11H12BrFN2O. The molecule has 0 aliphatic rings. The first kappa shape index (κ1) is 12.9. The van der Waals surface area contributed by atoms with E-state index in [4.69, 9.17) is 0 Å². The van der Waals surface area contributed by atoms with Crippen molar-refractivity contribution in [1.82, 2.24) is 5.32 Å². The van der Waals surface area contributed by atoms with Gasteiger partial charge in [-0.15, -0.1) is 6.58 Å². The maximum absolute atomic E-state index is 12.9. The molecule has 0 aliphatic carbocycles. The number of carbonyl (C=O) groups is 1. The summed E-state index contributed by atoms with van der Waals surface area (Å²) in [5.74, 6) is -0.620. The third-order valence-corrected chi connectivity index (χ3v) is 2.47. The predicted octanol–water partition coefficient (Wildman–Crippen LogP) is 2.30. The summed E-state index contributed by atoms with van der Waals surface area (Å²) in [6, 6.07) is 4.12. The van der Waals surface area contributed by atoms with E-state index in [1.54, 1.807) is 12.1 Å². The Bertz CT molecular complexity index is 396. The summed E-state index contributed by atoms with van der Waals surface area (Å²) in [4.78, 5) is 11.4. The molecule has 0 heterocycles. The molecule has 0 unspecified atom stereocenters. The highest BCUT2D eigenvalue weighted by Gasteiger charge is 2.05. The Labute approximate surface area is 102 Å². The van der Waals surface area contributed by atoms with Gasteiger partial charge in [-0.1, -0.05) is 6.08 Å². The molecule has 5 heteroatoms. The van der Waals surface area contributed by atoms with Gasteiger partial charge in [0.15, 0.2) is 0 Å². The van der Waals surface area contributed by atoms with Crippen molar-refractivity contribution in [1.29, 1.82) is 0 Å². The van der Waals surface area contributed by atoms with Gasteiger partial charge in [-0.2, -0.15) is 0 Å². The third kappa shape index (κ3) is 4.12. The van der Waals surface area contributed by atoms with Gasteiger partial charge in [-0.05, 0) is 34.1 Å².